The largest absolute Gasteiger partial charge is 0.291 e. The first-order valence-electron chi connectivity index (χ1n) is 7.67. The molecular weight excluding hydrogens is 262 g/mol. The van der Waals surface area contributed by atoms with Crippen molar-refractivity contribution in [3.05, 3.63) is 41.2 Å². The standard InChI is InChI=1S/C16H23N5/c1-4-16(2,3)21-15(17-18-19-21)12-20-10-9-13-7-5-6-8-14(13)11-20/h5-8H,4,9-12H2,1-3H3. The number of hydrogen-bond acceptors (Lipinski definition) is 4. The lowest BCUT2D eigenvalue weighted by atomic mass is 10.00. The summed E-state index contributed by atoms with van der Waals surface area (Å²) in [5.41, 5.74) is 2.87. The molecule has 1 aliphatic heterocycles. The second-order valence-corrected chi connectivity index (χ2v) is 6.40. The number of aromatic nitrogens is 4. The molecule has 1 aliphatic rings. The molecule has 0 spiro atoms. The van der Waals surface area contributed by atoms with E-state index in [1.165, 1.54) is 11.1 Å². The number of hydrogen-bond donors (Lipinski definition) is 0. The van der Waals surface area contributed by atoms with E-state index < -0.39 is 0 Å². The van der Waals surface area contributed by atoms with Gasteiger partial charge in [0.1, 0.15) is 0 Å². The van der Waals surface area contributed by atoms with Gasteiger partial charge >= 0.3 is 0 Å². The Balaban J connectivity index is 1.76. The van der Waals surface area contributed by atoms with E-state index in [9.17, 15) is 0 Å². The Morgan fingerprint density at radius 3 is 2.71 bits per heavy atom. The molecule has 0 N–H and O–H groups in total. The first-order valence-corrected chi connectivity index (χ1v) is 7.67. The van der Waals surface area contributed by atoms with Gasteiger partial charge in [-0.2, -0.15) is 0 Å². The monoisotopic (exact) mass is 285 g/mol. The lowest BCUT2D eigenvalue weighted by Crippen LogP contribution is -2.34. The van der Waals surface area contributed by atoms with Crippen molar-refractivity contribution in [1.82, 2.24) is 25.1 Å². The quantitative estimate of drug-likeness (QED) is 0.865. The summed E-state index contributed by atoms with van der Waals surface area (Å²) in [6, 6.07) is 8.70. The fourth-order valence-electron chi connectivity index (χ4n) is 2.81. The van der Waals surface area contributed by atoms with Crippen LogP contribution in [-0.2, 0) is 25.0 Å². The molecule has 1 aromatic heterocycles. The van der Waals surface area contributed by atoms with Gasteiger partial charge in [0.2, 0.25) is 0 Å². The highest BCUT2D eigenvalue weighted by Crippen LogP contribution is 2.22. The van der Waals surface area contributed by atoms with Gasteiger partial charge in [0.25, 0.3) is 0 Å². The molecule has 5 nitrogen and oxygen atoms in total. The van der Waals surface area contributed by atoms with Gasteiger partial charge in [-0.15, -0.1) is 5.10 Å². The Morgan fingerprint density at radius 1 is 1.19 bits per heavy atom. The second kappa shape index (κ2) is 5.56. The van der Waals surface area contributed by atoms with Crippen molar-refractivity contribution in [1.29, 1.82) is 0 Å². The molecule has 0 saturated carbocycles. The zero-order chi connectivity index (χ0) is 14.9. The van der Waals surface area contributed by atoms with Crippen LogP contribution in [0.15, 0.2) is 24.3 Å². The van der Waals surface area contributed by atoms with Crippen molar-refractivity contribution in [3.63, 3.8) is 0 Å². The first-order chi connectivity index (χ1) is 10.1. The third-order valence-electron chi connectivity index (χ3n) is 4.55. The molecular formula is C16H23N5. The maximum Gasteiger partial charge on any atom is 0.165 e. The predicted octanol–water partition coefficient (Wildman–Crippen LogP) is 2.38. The average molecular weight is 285 g/mol. The summed E-state index contributed by atoms with van der Waals surface area (Å²) in [5, 5.41) is 12.3. The topological polar surface area (TPSA) is 46.8 Å². The molecule has 0 radical (unpaired) electrons. The molecule has 0 bridgehead atoms. The van der Waals surface area contributed by atoms with Crippen molar-refractivity contribution < 1.29 is 0 Å². The Bertz CT molecular complexity index is 617. The van der Waals surface area contributed by atoms with Crippen LogP contribution in [0, 0.1) is 0 Å². The van der Waals surface area contributed by atoms with Gasteiger partial charge < -0.3 is 0 Å². The van der Waals surface area contributed by atoms with E-state index in [1.807, 2.05) is 4.68 Å². The number of fused-ring (bicyclic) bond motifs is 1. The van der Waals surface area contributed by atoms with Crippen molar-refractivity contribution in [3.8, 4) is 0 Å². The number of nitrogens with zero attached hydrogens (tertiary/aromatic N) is 5. The fourth-order valence-corrected chi connectivity index (χ4v) is 2.81. The minimum atomic E-state index is -0.0352. The smallest absolute Gasteiger partial charge is 0.165 e. The highest BCUT2D eigenvalue weighted by atomic mass is 15.6. The fraction of sp³-hybridized carbons (Fsp3) is 0.562. The number of benzene rings is 1. The van der Waals surface area contributed by atoms with Crippen molar-refractivity contribution in [2.24, 2.45) is 0 Å². The van der Waals surface area contributed by atoms with E-state index >= 15 is 0 Å². The molecule has 0 saturated heterocycles. The molecule has 1 aromatic carbocycles. The summed E-state index contributed by atoms with van der Waals surface area (Å²) in [7, 11) is 0. The summed E-state index contributed by atoms with van der Waals surface area (Å²) in [4.78, 5) is 2.43. The molecule has 21 heavy (non-hydrogen) atoms. The van der Waals surface area contributed by atoms with Gasteiger partial charge in [0.05, 0.1) is 12.1 Å². The summed E-state index contributed by atoms with van der Waals surface area (Å²) in [5.74, 6) is 0.959. The van der Waals surface area contributed by atoms with Crippen LogP contribution < -0.4 is 0 Å². The van der Waals surface area contributed by atoms with E-state index in [2.05, 4.69) is 65.5 Å². The normalized spacial score (nSPS) is 16.0. The molecule has 112 valence electrons. The van der Waals surface area contributed by atoms with Crippen LogP contribution in [0.1, 0.15) is 44.1 Å². The zero-order valence-corrected chi connectivity index (χ0v) is 13.1. The molecule has 2 heterocycles. The van der Waals surface area contributed by atoms with E-state index in [4.69, 9.17) is 0 Å². The minimum absolute atomic E-state index is 0.0352. The van der Waals surface area contributed by atoms with Gasteiger partial charge in [0.15, 0.2) is 5.82 Å². The van der Waals surface area contributed by atoms with Crippen LogP contribution >= 0.6 is 0 Å². The predicted molar refractivity (Wildman–Crippen MR) is 81.7 cm³/mol. The molecule has 3 rings (SSSR count). The zero-order valence-electron chi connectivity index (χ0n) is 13.1. The van der Waals surface area contributed by atoms with Gasteiger partial charge in [-0.25, -0.2) is 4.68 Å². The highest BCUT2D eigenvalue weighted by Gasteiger charge is 2.25. The molecule has 0 atom stereocenters. The van der Waals surface area contributed by atoms with Crippen molar-refractivity contribution in [2.45, 2.75) is 52.2 Å². The van der Waals surface area contributed by atoms with E-state index in [-0.39, 0.29) is 5.54 Å². The van der Waals surface area contributed by atoms with Crippen molar-refractivity contribution in [2.75, 3.05) is 6.54 Å². The Morgan fingerprint density at radius 2 is 1.95 bits per heavy atom. The van der Waals surface area contributed by atoms with E-state index in [0.717, 1.165) is 38.3 Å². The van der Waals surface area contributed by atoms with E-state index in [0.29, 0.717) is 0 Å². The number of rotatable bonds is 4. The number of tetrazole rings is 1. The molecule has 0 amide bonds. The summed E-state index contributed by atoms with van der Waals surface area (Å²) < 4.78 is 1.98. The van der Waals surface area contributed by atoms with Crippen LogP contribution in [0.2, 0.25) is 0 Å². The SMILES string of the molecule is CCC(C)(C)n1nnnc1CN1CCc2ccccc2C1. The first kappa shape index (κ1) is 14.2. The summed E-state index contributed by atoms with van der Waals surface area (Å²) in [6.07, 6.45) is 2.11. The lowest BCUT2D eigenvalue weighted by Gasteiger charge is -2.30. The van der Waals surface area contributed by atoms with Crippen LogP contribution in [0.5, 0.6) is 0 Å². The van der Waals surface area contributed by atoms with Gasteiger partial charge in [-0.05, 0) is 48.2 Å². The Hall–Kier alpha value is -1.75. The average Bonchev–Trinajstić information content (AvgIpc) is 2.96. The maximum atomic E-state index is 4.24. The molecule has 5 heteroatoms. The summed E-state index contributed by atoms with van der Waals surface area (Å²) in [6.45, 7) is 9.39. The van der Waals surface area contributed by atoms with Gasteiger partial charge in [0, 0.05) is 13.1 Å². The minimum Gasteiger partial charge on any atom is -0.291 e. The highest BCUT2D eigenvalue weighted by molar-refractivity contribution is 5.29. The van der Waals surface area contributed by atoms with Gasteiger partial charge in [-0.3, -0.25) is 4.90 Å². The maximum absolute atomic E-state index is 4.24. The Labute approximate surface area is 126 Å². The summed E-state index contributed by atoms with van der Waals surface area (Å²) >= 11 is 0. The molecule has 0 aliphatic carbocycles. The van der Waals surface area contributed by atoms with E-state index in [1.54, 1.807) is 0 Å². The lowest BCUT2D eigenvalue weighted by molar-refractivity contribution is 0.217. The van der Waals surface area contributed by atoms with Crippen LogP contribution in [0.3, 0.4) is 0 Å². The Kier molecular flexibility index (Phi) is 3.76. The van der Waals surface area contributed by atoms with Crippen LogP contribution in [-0.4, -0.2) is 31.7 Å². The molecule has 0 fully saturated rings. The van der Waals surface area contributed by atoms with Gasteiger partial charge in [-0.1, -0.05) is 31.2 Å². The van der Waals surface area contributed by atoms with Crippen LogP contribution in [0.25, 0.3) is 0 Å². The second-order valence-electron chi connectivity index (χ2n) is 6.40. The third kappa shape index (κ3) is 2.83. The van der Waals surface area contributed by atoms with Crippen LogP contribution in [0.4, 0.5) is 0 Å². The van der Waals surface area contributed by atoms with Crippen molar-refractivity contribution >= 4 is 0 Å². The molecule has 2 aromatic rings. The molecule has 0 unspecified atom stereocenters. The third-order valence-corrected chi connectivity index (χ3v) is 4.55.